The van der Waals surface area contributed by atoms with Gasteiger partial charge >= 0.3 is 11.9 Å². The van der Waals surface area contributed by atoms with Crippen LogP contribution in [0.1, 0.15) is 16.8 Å². The third-order valence-corrected chi connectivity index (χ3v) is 2.13. The molecule has 0 aliphatic carbocycles. The Kier molecular flexibility index (Phi) is 4.24. The minimum absolute atomic E-state index is 0.0300. The molecular formula is C11H9BrO3. The molecule has 0 spiro atoms. The van der Waals surface area contributed by atoms with E-state index in [2.05, 4.69) is 27.2 Å². The molecule has 0 N–H and O–H groups in total. The first-order chi connectivity index (χ1) is 7.13. The second kappa shape index (κ2) is 5.46. The molecule has 1 aromatic carbocycles. The van der Waals surface area contributed by atoms with Crippen LogP contribution in [0.25, 0.3) is 0 Å². The van der Waals surface area contributed by atoms with E-state index in [1.807, 2.05) is 0 Å². The Balaban J connectivity index is 2.65. The summed E-state index contributed by atoms with van der Waals surface area (Å²) in [6, 6.07) is 6.56. The number of hydrogen-bond acceptors (Lipinski definition) is 3. The first kappa shape index (κ1) is 11.7. The Morgan fingerprint density at radius 2 is 1.93 bits per heavy atom. The summed E-state index contributed by atoms with van der Waals surface area (Å²) in [5, 5.41) is 0. The largest absolute Gasteiger partial charge is 0.389 e. The van der Waals surface area contributed by atoms with Crippen LogP contribution >= 0.6 is 15.9 Å². The van der Waals surface area contributed by atoms with Crippen molar-refractivity contribution >= 4 is 27.9 Å². The fourth-order valence-corrected chi connectivity index (χ4v) is 1.17. The van der Waals surface area contributed by atoms with Crippen molar-refractivity contribution in [1.82, 2.24) is 0 Å². The van der Waals surface area contributed by atoms with Crippen LogP contribution in [-0.2, 0) is 9.53 Å². The molecule has 0 bridgehead atoms. The van der Waals surface area contributed by atoms with Gasteiger partial charge in [-0.15, -0.1) is 6.58 Å². The molecular weight excluding hydrogens is 260 g/mol. The van der Waals surface area contributed by atoms with Crippen LogP contribution in [0.5, 0.6) is 0 Å². The maximum Gasteiger partial charge on any atom is 0.345 e. The highest BCUT2D eigenvalue weighted by molar-refractivity contribution is 9.10. The molecule has 0 fully saturated rings. The number of benzene rings is 1. The second-order valence-corrected chi connectivity index (χ2v) is 3.68. The molecule has 0 saturated carbocycles. The van der Waals surface area contributed by atoms with Crippen molar-refractivity contribution in [2.75, 3.05) is 0 Å². The molecule has 78 valence electrons. The normalized spacial score (nSPS) is 9.40. The lowest BCUT2D eigenvalue weighted by Gasteiger charge is -2.01. The molecule has 0 atom stereocenters. The summed E-state index contributed by atoms with van der Waals surface area (Å²) < 4.78 is 5.41. The smallest absolute Gasteiger partial charge is 0.345 e. The van der Waals surface area contributed by atoms with Gasteiger partial charge in [0.25, 0.3) is 0 Å². The lowest BCUT2D eigenvalue weighted by molar-refractivity contribution is -0.136. The Bertz CT molecular complexity index is 381. The average Bonchev–Trinajstić information content (AvgIpc) is 2.18. The van der Waals surface area contributed by atoms with Crippen molar-refractivity contribution in [1.29, 1.82) is 0 Å². The summed E-state index contributed by atoms with van der Waals surface area (Å²) in [7, 11) is 0. The predicted octanol–water partition coefficient (Wildman–Crippen LogP) is 2.71. The summed E-state index contributed by atoms with van der Waals surface area (Å²) in [4.78, 5) is 22.3. The van der Waals surface area contributed by atoms with Crippen molar-refractivity contribution in [2.24, 2.45) is 0 Å². The number of hydrogen-bond donors (Lipinski definition) is 0. The molecule has 4 heteroatoms. The second-order valence-electron chi connectivity index (χ2n) is 2.76. The summed E-state index contributed by atoms with van der Waals surface area (Å²) in [6.07, 6.45) is 1.42. The van der Waals surface area contributed by atoms with E-state index < -0.39 is 11.9 Å². The quantitative estimate of drug-likeness (QED) is 0.481. The fraction of sp³-hybridized carbons (Fsp3) is 0.0909. The molecule has 0 saturated heterocycles. The monoisotopic (exact) mass is 268 g/mol. The molecule has 0 unspecified atom stereocenters. The van der Waals surface area contributed by atoms with E-state index in [9.17, 15) is 9.59 Å². The van der Waals surface area contributed by atoms with E-state index in [1.54, 1.807) is 24.3 Å². The van der Waals surface area contributed by atoms with Gasteiger partial charge in [0.05, 0.1) is 12.0 Å². The van der Waals surface area contributed by atoms with Crippen LogP contribution < -0.4 is 0 Å². The Hall–Kier alpha value is -1.42. The third-order valence-electron chi connectivity index (χ3n) is 1.60. The Morgan fingerprint density at radius 1 is 1.33 bits per heavy atom. The third kappa shape index (κ3) is 3.67. The summed E-state index contributed by atoms with van der Waals surface area (Å²) in [5.74, 6) is -1.24. The number of esters is 2. The zero-order chi connectivity index (χ0) is 11.3. The first-order valence-electron chi connectivity index (χ1n) is 4.25. The highest BCUT2D eigenvalue weighted by atomic mass is 79.9. The van der Waals surface area contributed by atoms with Gasteiger partial charge in [0, 0.05) is 4.47 Å². The maximum absolute atomic E-state index is 11.3. The van der Waals surface area contributed by atoms with Crippen LogP contribution in [0, 0.1) is 0 Å². The molecule has 0 aliphatic rings. The van der Waals surface area contributed by atoms with Crippen molar-refractivity contribution < 1.29 is 14.3 Å². The highest BCUT2D eigenvalue weighted by Crippen LogP contribution is 2.11. The lowest BCUT2D eigenvalue weighted by atomic mass is 10.2. The SMILES string of the molecule is C=CCC(=O)OC(=O)c1ccc(Br)cc1. The molecule has 1 rings (SSSR count). The van der Waals surface area contributed by atoms with Gasteiger partial charge in [-0.1, -0.05) is 22.0 Å². The van der Waals surface area contributed by atoms with Gasteiger partial charge in [-0.3, -0.25) is 4.79 Å². The molecule has 3 nitrogen and oxygen atoms in total. The molecule has 0 heterocycles. The average molecular weight is 269 g/mol. The minimum Gasteiger partial charge on any atom is -0.389 e. The van der Waals surface area contributed by atoms with Gasteiger partial charge in [-0.05, 0) is 24.3 Å². The predicted molar refractivity (Wildman–Crippen MR) is 59.4 cm³/mol. The van der Waals surface area contributed by atoms with Crippen molar-refractivity contribution in [3.63, 3.8) is 0 Å². The van der Waals surface area contributed by atoms with Gasteiger partial charge in [0.2, 0.25) is 0 Å². The number of carbonyl (C=O) groups excluding carboxylic acids is 2. The Morgan fingerprint density at radius 3 is 2.47 bits per heavy atom. The maximum atomic E-state index is 11.3. The van der Waals surface area contributed by atoms with Crippen LogP contribution in [0.15, 0.2) is 41.4 Å². The van der Waals surface area contributed by atoms with E-state index in [-0.39, 0.29) is 6.42 Å². The van der Waals surface area contributed by atoms with E-state index >= 15 is 0 Å². The molecule has 15 heavy (non-hydrogen) atoms. The highest BCUT2D eigenvalue weighted by Gasteiger charge is 2.10. The van der Waals surface area contributed by atoms with Gasteiger partial charge < -0.3 is 4.74 Å². The van der Waals surface area contributed by atoms with Crippen LogP contribution in [0.2, 0.25) is 0 Å². The van der Waals surface area contributed by atoms with Crippen LogP contribution in [-0.4, -0.2) is 11.9 Å². The molecule has 0 amide bonds. The first-order valence-corrected chi connectivity index (χ1v) is 5.04. The number of halogens is 1. The van der Waals surface area contributed by atoms with Crippen molar-refractivity contribution in [3.05, 3.63) is 47.0 Å². The summed E-state index contributed by atoms with van der Waals surface area (Å²) >= 11 is 3.24. The fourth-order valence-electron chi connectivity index (χ4n) is 0.908. The summed E-state index contributed by atoms with van der Waals surface area (Å²) in [6.45, 7) is 3.37. The van der Waals surface area contributed by atoms with E-state index in [0.717, 1.165) is 4.47 Å². The topological polar surface area (TPSA) is 43.4 Å². The zero-order valence-electron chi connectivity index (χ0n) is 7.90. The Labute approximate surface area is 95.9 Å². The van der Waals surface area contributed by atoms with E-state index in [0.29, 0.717) is 5.56 Å². The number of carbonyl (C=O) groups is 2. The molecule has 1 aromatic rings. The van der Waals surface area contributed by atoms with Crippen molar-refractivity contribution in [2.45, 2.75) is 6.42 Å². The minimum atomic E-state index is -0.644. The van der Waals surface area contributed by atoms with Crippen LogP contribution in [0.3, 0.4) is 0 Å². The van der Waals surface area contributed by atoms with Crippen molar-refractivity contribution in [3.8, 4) is 0 Å². The lowest BCUT2D eigenvalue weighted by Crippen LogP contribution is -2.11. The molecule has 0 aromatic heterocycles. The van der Waals surface area contributed by atoms with Gasteiger partial charge in [0.1, 0.15) is 0 Å². The summed E-state index contributed by atoms with van der Waals surface area (Å²) in [5.41, 5.74) is 0.343. The zero-order valence-corrected chi connectivity index (χ0v) is 9.49. The molecule has 0 aliphatic heterocycles. The standard InChI is InChI=1S/C11H9BrO3/c1-2-3-10(13)15-11(14)8-4-6-9(12)7-5-8/h2,4-7H,1,3H2. The van der Waals surface area contributed by atoms with Gasteiger partial charge in [-0.2, -0.15) is 0 Å². The number of rotatable bonds is 3. The van der Waals surface area contributed by atoms with Gasteiger partial charge in [0.15, 0.2) is 0 Å². The van der Waals surface area contributed by atoms with Gasteiger partial charge in [-0.25, -0.2) is 4.79 Å². The van der Waals surface area contributed by atoms with E-state index in [1.165, 1.54) is 6.08 Å². The van der Waals surface area contributed by atoms with E-state index in [4.69, 9.17) is 0 Å². The number of ether oxygens (including phenoxy) is 1. The van der Waals surface area contributed by atoms with Crippen LogP contribution in [0.4, 0.5) is 0 Å². The molecule has 0 radical (unpaired) electrons.